The minimum Gasteiger partial charge on any atom is -0.350 e. The summed E-state index contributed by atoms with van der Waals surface area (Å²) in [4.78, 5) is 13.4. The van der Waals surface area contributed by atoms with Gasteiger partial charge in [0.15, 0.2) is 0 Å². The number of pyridine rings is 1. The predicted molar refractivity (Wildman–Crippen MR) is 113 cm³/mol. The number of nitrogens with one attached hydrogen (secondary N) is 2. The minimum atomic E-state index is -0.157. The lowest BCUT2D eigenvalue weighted by Crippen LogP contribution is -2.27. The Balaban J connectivity index is 2.07. The first-order valence-corrected chi connectivity index (χ1v) is 9.21. The first kappa shape index (κ1) is 19.1. The maximum atomic E-state index is 6.31. The third kappa shape index (κ3) is 4.74. The molecule has 2 heterocycles. The van der Waals surface area contributed by atoms with Gasteiger partial charge in [-0.1, -0.05) is 17.7 Å². The van der Waals surface area contributed by atoms with Gasteiger partial charge in [-0.25, -0.2) is 4.98 Å². The van der Waals surface area contributed by atoms with Crippen LogP contribution < -0.4 is 10.6 Å². The Morgan fingerprint density at radius 2 is 1.67 bits per heavy atom. The van der Waals surface area contributed by atoms with E-state index < -0.39 is 0 Å². The molecule has 5 nitrogen and oxygen atoms in total. The summed E-state index contributed by atoms with van der Waals surface area (Å²) < 4.78 is 0. The Bertz CT molecular complexity index is 949. The van der Waals surface area contributed by atoms with E-state index in [2.05, 4.69) is 46.4 Å². The highest BCUT2D eigenvalue weighted by Gasteiger charge is 2.15. The Morgan fingerprint density at radius 3 is 2.33 bits per heavy atom. The van der Waals surface area contributed by atoms with Crippen molar-refractivity contribution in [3.8, 4) is 11.3 Å². The quantitative estimate of drug-likeness (QED) is 0.601. The SMILES string of the molecule is Cc1ccc(Cl)c(C)c1Nc1cc(-c2ccncc2)nc(NC(C)(C)C)n1. The van der Waals surface area contributed by atoms with Crippen molar-refractivity contribution in [2.75, 3.05) is 10.6 Å². The molecule has 3 aromatic rings. The van der Waals surface area contributed by atoms with Crippen LogP contribution in [0.25, 0.3) is 11.3 Å². The normalized spacial score (nSPS) is 11.3. The van der Waals surface area contributed by atoms with Crippen molar-refractivity contribution in [1.82, 2.24) is 15.0 Å². The molecule has 0 radical (unpaired) electrons. The van der Waals surface area contributed by atoms with Crippen LogP contribution in [0.4, 0.5) is 17.5 Å². The van der Waals surface area contributed by atoms with Gasteiger partial charge in [0.25, 0.3) is 0 Å². The van der Waals surface area contributed by atoms with E-state index in [4.69, 9.17) is 11.6 Å². The summed E-state index contributed by atoms with van der Waals surface area (Å²) in [6.45, 7) is 10.3. The van der Waals surface area contributed by atoms with E-state index in [-0.39, 0.29) is 5.54 Å². The number of aromatic nitrogens is 3. The highest BCUT2D eigenvalue weighted by atomic mass is 35.5. The molecule has 6 heteroatoms. The monoisotopic (exact) mass is 381 g/mol. The molecule has 0 saturated carbocycles. The Hall–Kier alpha value is -2.66. The second-order valence-electron chi connectivity index (χ2n) is 7.56. The molecule has 27 heavy (non-hydrogen) atoms. The zero-order valence-electron chi connectivity index (χ0n) is 16.3. The number of aryl methyl sites for hydroxylation is 1. The Morgan fingerprint density at radius 1 is 0.963 bits per heavy atom. The van der Waals surface area contributed by atoms with Crippen LogP contribution >= 0.6 is 11.6 Å². The molecule has 0 amide bonds. The fourth-order valence-corrected chi connectivity index (χ4v) is 2.87. The van der Waals surface area contributed by atoms with Gasteiger partial charge in [-0.2, -0.15) is 4.98 Å². The fourth-order valence-electron chi connectivity index (χ4n) is 2.72. The van der Waals surface area contributed by atoms with Crippen LogP contribution in [0.15, 0.2) is 42.7 Å². The molecule has 0 aliphatic rings. The van der Waals surface area contributed by atoms with Crippen molar-refractivity contribution in [1.29, 1.82) is 0 Å². The van der Waals surface area contributed by atoms with E-state index in [1.165, 1.54) is 0 Å². The summed E-state index contributed by atoms with van der Waals surface area (Å²) in [7, 11) is 0. The van der Waals surface area contributed by atoms with Crippen molar-refractivity contribution < 1.29 is 0 Å². The molecule has 1 aromatic carbocycles. The maximum Gasteiger partial charge on any atom is 0.225 e. The zero-order valence-corrected chi connectivity index (χ0v) is 17.0. The van der Waals surface area contributed by atoms with Crippen LogP contribution in [0.3, 0.4) is 0 Å². The molecular weight excluding hydrogens is 358 g/mol. The molecule has 2 N–H and O–H groups in total. The molecule has 0 unspecified atom stereocenters. The zero-order chi connectivity index (χ0) is 19.6. The number of hydrogen-bond acceptors (Lipinski definition) is 5. The molecular formula is C21H24ClN5. The van der Waals surface area contributed by atoms with Gasteiger partial charge in [0.1, 0.15) is 5.82 Å². The Labute approximate surface area is 165 Å². The average Bonchev–Trinajstić information content (AvgIpc) is 2.61. The lowest BCUT2D eigenvalue weighted by Gasteiger charge is -2.22. The number of benzene rings is 1. The van der Waals surface area contributed by atoms with Crippen LogP contribution in [0.5, 0.6) is 0 Å². The van der Waals surface area contributed by atoms with Crippen molar-refractivity contribution in [2.45, 2.75) is 40.2 Å². The number of rotatable bonds is 4. The van der Waals surface area contributed by atoms with Gasteiger partial charge in [0.2, 0.25) is 5.95 Å². The van der Waals surface area contributed by atoms with Crippen molar-refractivity contribution in [3.63, 3.8) is 0 Å². The molecule has 0 spiro atoms. The van der Waals surface area contributed by atoms with E-state index in [9.17, 15) is 0 Å². The number of anilines is 3. The van der Waals surface area contributed by atoms with Crippen LogP contribution in [-0.2, 0) is 0 Å². The van der Waals surface area contributed by atoms with E-state index >= 15 is 0 Å². The molecule has 0 aliphatic carbocycles. The third-order valence-corrected chi connectivity index (χ3v) is 4.46. The van der Waals surface area contributed by atoms with E-state index in [1.54, 1.807) is 12.4 Å². The molecule has 0 aliphatic heterocycles. The molecule has 3 rings (SSSR count). The van der Waals surface area contributed by atoms with Crippen LogP contribution in [0.1, 0.15) is 31.9 Å². The van der Waals surface area contributed by atoms with Gasteiger partial charge in [-0.05, 0) is 63.9 Å². The maximum absolute atomic E-state index is 6.31. The van der Waals surface area contributed by atoms with E-state index in [0.29, 0.717) is 11.8 Å². The van der Waals surface area contributed by atoms with Gasteiger partial charge in [0, 0.05) is 40.3 Å². The highest BCUT2D eigenvalue weighted by molar-refractivity contribution is 6.31. The standard InChI is InChI=1S/C21H24ClN5/c1-13-6-7-16(22)14(2)19(13)25-18-12-17(15-8-10-23-11-9-15)24-20(26-18)27-21(3,4)5/h6-12H,1-5H3,(H2,24,25,26,27). The molecule has 0 bridgehead atoms. The van der Waals surface area contributed by atoms with Crippen LogP contribution in [0, 0.1) is 13.8 Å². The van der Waals surface area contributed by atoms with Crippen molar-refractivity contribution in [2.24, 2.45) is 0 Å². The van der Waals surface area contributed by atoms with Gasteiger partial charge >= 0.3 is 0 Å². The second kappa shape index (κ2) is 7.53. The second-order valence-corrected chi connectivity index (χ2v) is 7.97. The largest absolute Gasteiger partial charge is 0.350 e. The molecule has 0 saturated heterocycles. The summed E-state index contributed by atoms with van der Waals surface area (Å²) in [5.74, 6) is 1.27. The smallest absolute Gasteiger partial charge is 0.225 e. The number of halogens is 1. The Kier molecular flexibility index (Phi) is 5.33. The number of nitrogens with zero attached hydrogens (tertiary/aromatic N) is 3. The summed E-state index contributed by atoms with van der Waals surface area (Å²) in [6.07, 6.45) is 3.51. The topological polar surface area (TPSA) is 62.7 Å². The lowest BCUT2D eigenvalue weighted by molar-refractivity contribution is 0.626. The van der Waals surface area contributed by atoms with E-state index in [0.717, 1.165) is 33.1 Å². The van der Waals surface area contributed by atoms with E-state index in [1.807, 2.05) is 44.2 Å². The molecule has 140 valence electrons. The van der Waals surface area contributed by atoms with Gasteiger partial charge in [-0.3, -0.25) is 4.98 Å². The summed E-state index contributed by atoms with van der Waals surface area (Å²) >= 11 is 6.31. The summed E-state index contributed by atoms with van der Waals surface area (Å²) in [6, 6.07) is 9.71. The average molecular weight is 382 g/mol. The summed E-state index contributed by atoms with van der Waals surface area (Å²) in [5.41, 5.74) is 4.70. The third-order valence-electron chi connectivity index (χ3n) is 4.05. The van der Waals surface area contributed by atoms with Gasteiger partial charge in [0.05, 0.1) is 5.69 Å². The minimum absolute atomic E-state index is 0.157. The van der Waals surface area contributed by atoms with Gasteiger partial charge < -0.3 is 10.6 Å². The molecule has 2 aromatic heterocycles. The van der Waals surface area contributed by atoms with Crippen molar-refractivity contribution >= 4 is 29.1 Å². The first-order chi connectivity index (χ1) is 12.7. The fraction of sp³-hybridized carbons (Fsp3) is 0.286. The predicted octanol–water partition coefficient (Wildman–Crippen LogP) is 5.76. The number of hydrogen-bond donors (Lipinski definition) is 2. The molecule has 0 fully saturated rings. The van der Waals surface area contributed by atoms with Crippen molar-refractivity contribution in [3.05, 3.63) is 58.9 Å². The van der Waals surface area contributed by atoms with Crippen LogP contribution in [0.2, 0.25) is 5.02 Å². The molecule has 0 atom stereocenters. The van der Waals surface area contributed by atoms with Crippen LogP contribution in [-0.4, -0.2) is 20.5 Å². The summed E-state index contributed by atoms with van der Waals surface area (Å²) in [5, 5.41) is 7.50. The first-order valence-electron chi connectivity index (χ1n) is 8.83. The van der Waals surface area contributed by atoms with Gasteiger partial charge in [-0.15, -0.1) is 0 Å². The lowest BCUT2D eigenvalue weighted by atomic mass is 10.1. The highest BCUT2D eigenvalue weighted by Crippen LogP contribution is 2.31.